The molecule has 0 bridgehead atoms. The van der Waals surface area contributed by atoms with Gasteiger partial charge < -0.3 is 9.73 Å². The number of hydrogen-bond donors (Lipinski definition) is 1. The molecule has 154 valence electrons. The first kappa shape index (κ1) is 20.6. The predicted octanol–water partition coefficient (Wildman–Crippen LogP) is 3.68. The number of benzene rings is 1. The Kier molecular flexibility index (Phi) is 6.37. The maximum Gasteiger partial charge on any atom is 0.419 e. The van der Waals surface area contributed by atoms with Crippen LogP contribution in [0.15, 0.2) is 27.4 Å². The summed E-state index contributed by atoms with van der Waals surface area (Å²) >= 11 is 1.38. The fourth-order valence-corrected chi connectivity index (χ4v) is 4.07. The van der Waals surface area contributed by atoms with Crippen molar-refractivity contribution >= 4 is 39.2 Å². The topological polar surface area (TPSA) is 133 Å². The van der Waals surface area contributed by atoms with E-state index in [1.165, 1.54) is 34.1 Å². The summed E-state index contributed by atoms with van der Waals surface area (Å²) in [7, 11) is 0. The van der Waals surface area contributed by atoms with Gasteiger partial charge in [0, 0.05) is 24.9 Å². The van der Waals surface area contributed by atoms with Gasteiger partial charge in [-0.05, 0) is 25.3 Å². The van der Waals surface area contributed by atoms with E-state index in [4.69, 9.17) is 4.42 Å². The van der Waals surface area contributed by atoms with Crippen molar-refractivity contribution in [1.29, 1.82) is 0 Å². The van der Waals surface area contributed by atoms with Crippen LogP contribution in [0.2, 0.25) is 0 Å². The number of rotatable bonds is 9. The van der Waals surface area contributed by atoms with Gasteiger partial charge in [-0.15, -0.1) is 10.2 Å². The normalized spacial score (nSPS) is 11.3. The van der Waals surface area contributed by atoms with Crippen LogP contribution in [-0.2, 0) is 11.3 Å². The van der Waals surface area contributed by atoms with Crippen molar-refractivity contribution in [2.45, 2.75) is 52.0 Å². The molecule has 1 aromatic carbocycles. The summed E-state index contributed by atoms with van der Waals surface area (Å²) in [5.41, 5.74) is 0.457. The molecule has 10 nitrogen and oxygen atoms in total. The number of oxazole rings is 1. The molecule has 0 aliphatic carbocycles. The molecule has 2 heterocycles. The number of nitrogens with one attached hydrogen (secondary N) is 1. The highest BCUT2D eigenvalue weighted by Gasteiger charge is 2.16. The van der Waals surface area contributed by atoms with E-state index in [0.29, 0.717) is 23.0 Å². The SMILES string of the molecule is CCC(CC)c1nnc(NC(=O)CCCn2c(=O)oc3cc([N+](=O)[O-])ccc32)s1. The monoisotopic (exact) mass is 419 g/mol. The molecule has 3 aromatic rings. The van der Waals surface area contributed by atoms with E-state index in [1.807, 2.05) is 0 Å². The van der Waals surface area contributed by atoms with Crippen molar-refractivity contribution in [2.24, 2.45) is 0 Å². The minimum absolute atomic E-state index is 0.149. The summed E-state index contributed by atoms with van der Waals surface area (Å²) in [5.74, 6) is -0.483. The van der Waals surface area contributed by atoms with Gasteiger partial charge in [0.1, 0.15) is 5.01 Å². The third-order valence-electron chi connectivity index (χ3n) is 4.67. The molecule has 0 spiro atoms. The zero-order chi connectivity index (χ0) is 21.0. The highest BCUT2D eigenvalue weighted by atomic mass is 32.1. The Morgan fingerprint density at radius 3 is 2.79 bits per heavy atom. The molecule has 0 saturated heterocycles. The number of anilines is 1. The van der Waals surface area contributed by atoms with Crippen LogP contribution in [0.1, 0.15) is 50.5 Å². The molecule has 1 N–H and O–H groups in total. The van der Waals surface area contributed by atoms with Crippen LogP contribution in [-0.4, -0.2) is 25.6 Å². The summed E-state index contributed by atoms with van der Waals surface area (Å²) in [5, 5.41) is 23.1. The summed E-state index contributed by atoms with van der Waals surface area (Å²) in [6, 6.07) is 4.00. The first-order valence-electron chi connectivity index (χ1n) is 9.34. The molecule has 0 aliphatic rings. The first-order chi connectivity index (χ1) is 13.9. The lowest BCUT2D eigenvalue weighted by Gasteiger charge is -2.06. The van der Waals surface area contributed by atoms with Gasteiger partial charge in [-0.2, -0.15) is 0 Å². The summed E-state index contributed by atoms with van der Waals surface area (Å²) in [6.45, 7) is 4.44. The van der Waals surface area contributed by atoms with Crippen molar-refractivity contribution in [1.82, 2.24) is 14.8 Å². The molecule has 0 aliphatic heterocycles. The van der Waals surface area contributed by atoms with Crippen LogP contribution in [0.3, 0.4) is 0 Å². The molecule has 0 unspecified atom stereocenters. The number of aromatic nitrogens is 3. The molecule has 0 fully saturated rings. The Morgan fingerprint density at radius 2 is 2.10 bits per heavy atom. The van der Waals surface area contributed by atoms with Gasteiger partial charge in [0.25, 0.3) is 5.69 Å². The molecule has 11 heteroatoms. The molecule has 3 rings (SSSR count). The number of nitro groups is 1. The lowest BCUT2D eigenvalue weighted by Crippen LogP contribution is -2.17. The number of nitrogens with zero attached hydrogens (tertiary/aromatic N) is 4. The number of nitro benzene ring substituents is 1. The summed E-state index contributed by atoms with van der Waals surface area (Å²) in [4.78, 5) is 34.5. The lowest BCUT2D eigenvalue weighted by atomic mass is 10.1. The molecular formula is C18H21N5O5S. The fraction of sp³-hybridized carbons (Fsp3) is 0.444. The highest BCUT2D eigenvalue weighted by molar-refractivity contribution is 7.15. The molecule has 2 aromatic heterocycles. The van der Waals surface area contributed by atoms with Gasteiger partial charge in [0.15, 0.2) is 5.58 Å². The van der Waals surface area contributed by atoms with Crippen LogP contribution in [0.25, 0.3) is 11.1 Å². The van der Waals surface area contributed by atoms with Gasteiger partial charge in [0.2, 0.25) is 11.0 Å². The maximum atomic E-state index is 12.2. The molecule has 0 saturated carbocycles. The molecule has 0 atom stereocenters. The van der Waals surface area contributed by atoms with E-state index in [1.54, 1.807) is 0 Å². The third kappa shape index (κ3) is 4.67. The smallest absolute Gasteiger partial charge is 0.407 e. The van der Waals surface area contributed by atoms with Gasteiger partial charge in [-0.1, -0.05) is 25.2 Å². The number of aryl methyl sites for hydroxylation is 1. The Bertz CT molecular complexity index is 1080. The molecule has 1 amide bonds. The van der Waals surface area contributed by atoms with Crippen molar-refractivity contribution in [3.8, 4) is 0 Å². The van der Waals surface area contributed by atoms with Crippen LogP contribution in [0.5, 0.6) is 0 Å². The van der Waals surface area contributed by atoms with Crippen molar-refractivity contribution in [3.63, 3.8) is 0 Å². The summed E-state index contributed by atoms with van der Waals surface area (Å²) < 4.78 is 6.44. The van der Waals surface area contributed by atoms with Gasteiger partial charge in [-0.25, -0.2) is 4.79 Å². The van der Waals surface area contributed by atoms with Crippen LogP contribution < -0.4 is 11.1 Å². The Hall–Kier alpha value is -3.08. The van der Waals surface area contributed by atoms with Crippen LogP contribution >= 0.6 is 11.3 Å². The van der Waals surface area contributed by atoms with E-state index in [2.05, 4.69) is 29.4 Å². The second-order valence-corrected chi connectivity index (χ2v) is 7.55. The Labute approximate surface area is 169 Å². The molecular weight excluding hydrogens is 398 g/mol. The number of carbonyl (C=O) groups is 1. The fourth-order valence-electron chi connectivity index (χ4n) is 3.05. The molecule has 29 heavy (non-hydrogen) atoms. The van der Waals surface area contributed by atoms with E-state index >= 15 is 0 Å². The predicted molar refractivity (Wildman–Crippen MR) is 108 cm³/mol. The largest absolute Gasteiger partial charge is 0.419 e. The van der Waals surface area contributed by atoms with Gasteiger partial charge in [0.05, 0.1) is 16.5 Å². The van der Waals surface area contributed by atoms with Crippen LogP contribution in [0.4, 0.5) is 10.8 Å². The average molecular weight is 419 g/mol. The minimum Gasteiger partial charge on any atom is -0.407 e. The summed E-state index contributed by atoms with van der Waals surface area (Å²) in [6.07, 6.45) is 2.52. The second-order valence-electron chi connectivity index (χ2n) is 6.54. The van der Waals surface area contributed by atoms with E-state index < -0.39 is 10.7 Å². The highest BCUT2D eigenvalue weighted by Crippen LogP contribution is 2.28. The zero-order valence-corrected chi connectivity index (χ0v) is 16.9. The van der Waals surface area contributed by atoms with Crippen LogP contribution in [0, 0.1) is 10.1 Å². The van der Waals surface area contributed by atoms with E-state index in [-0.39, 0.29) is 30.1 Å². The maximum absolute atomic E-state index is 12.2. The Morgan fingerprint density at radius 1 is 1.34 bits per heavy atom. The van der Waals surface area contributed by atoms with E-state index in [9.17, 15) is 19.7 Å². The molecule has 0 radical (unpaired) electrons. The number of hydrogen-bond acceptors (Lipinski definition) is 8. The average Bonchev–Trinajstić information content (AvgIpc) is 3.26. The quantitative estimate of drug-likeness (QED) is 0.413. The van der Waals surface area contributed by atoms with Crippen molar-refractivity contribution in [2.75, 3.05) is 5.32 Å². The van der Waals surface area contributed by atoms with Crippen molar-refractivity contribution < 1.29 is 14.1 Å². The van der Waals surface area contributed by atoms with E-state index in [0.717, 1.165) is 17.8 Å². The first-order valence-corrected chi connectivity index (χ1v) is 10.2. The standard InChI is InChI=1S/C18H21N5O5S/c1-3-11(4-2)16-20-21-17(29-16)19-15(24)6-5-9-22-13-8-7-12(23(26)27)10-14(13)28-18(22)25/h7-8,10-11H,3-6,9H2,1-2H3,(H,19,21,24). The van der Waals surface area contributed by atoms with Gasteiger partial charge >= 0.3 is 5.76 Å². The minimum atomic E-state index is -0.611. The number of fused-ring (bicyclic) bond motifs is 1. The number of non-ortho nitro benzene ring substituents is 1. The number of amides is 1. The zero-order valence-electron chi connectivity index (χ0n) is 16.1. The third-order valence-corrected chi connectivity index (χ3v) is 5.67. The lowest BCUT2D eigenvalue weighted by molar-refractivity contribution is -0.384. The Balaban J connectivity index is 1.59. The number of carbonyl (C=O) groups excluding carboxylic acids is 1. The van der Waals surface area contributed by atoms with Gasteiger partial charge in [-0.3, -0.25) is 19.5 Å². The second kappa shape index (κ2) is 8.95. The van der Waals surface area contributed by atoms with Crippen molar-refractivity contribution in [3.05, 3.63) is 43.9 Å².